The van der Waals surface area contributed by atoms with Gasteiger partial charge in [-0.3, -0.25) is 24.5 Å². The van der Waals surface area contributed by atoms with E-state index in [0.29, 0.717) is 17.0 Å². The van der Waals surface area contributed by atoms with Crippen LogP contribution in [0.3, 0.4) is 0 Å². The van der Waals surface area contributed by atoms with Gasteiger partial charge in [0.25, 0.3) is 17.5 Å². The summed E-state index contributed by atoms with van der Waals surface area (Å²) in [7, 11) is 0. The molecule has 1 aliphatic heterocycles. The number of fused-ring (bicyclic) bond motifs is 1. The van der Waals surface area contributed by atoms with Crippen molar-refractivity contribution >= 4 is 29.2 Å². The zero-order valence-corrected chi connectivity index (χ0v) is 14.9. The van der Waals surface area contributed by atoms with Crippen molar-refractivity contribution in [2.24, 2.45) is 0 Å². The van der Waals surface area contributed by atoms with Gasteiger partial charge in [0.2, 0.25) is 0 Å². The molecule has 156 valence electrons. The van der Waals surface area contributed by atoms with Crippen LogP contribution in [-0.2, 0) is 15.7 Å². The molecule has 0 fully saturated rings. The Bertz CT molecular complexity index is 1020. The zero-order valence-electron chi connectivity index (χ0n) is 14.9. The van der Waals surface area contributed by atoms with Gasteiger partial charge >= 0.3 is 12.1 Å². The summed E-state index contributed by atoms with van der Waals surface area (Å²) in [6.07, 6.45) is -4.77. The van der Waals surface area contributed by atoms with Crippen molar-refractivity contribution < 1.29 is 37.2 Å². The van der Waals surface area contributed by atoms with Gasteiger partial charge in [0, 0.05) is 6.07 Å². The van der Waals surface area contributed by atoms with E-state index in [9.17, 15) is 37.7 Å². The van der Waals surface area contributed by atoms with Crippen LogP contribution in [0.4, 0.5) is 24.5 Å². The molecule has 0 saturated heterocycles. The molecule has 12 heteroatoms. The third-order valence-corrected chi connectivity index (χ3v) is 4.18. The smallest absolute Gasteiger partial charge is 0.416 e. The maximum Gasteiger partial charge on any atom is 0.416 e. The number of ether oxygens (including phenoxy) is 1. The highest BCUT2D eigenvalue weighted by atomic mass is 19.4. The van der Waals surface area contributed by atoms with E-state index >= 15 is 0 Å². The van der Waals surface area contributed by atoms with E-state index in [2.05, 4.69) is 5.32 Å². The van der Waals surface area contributed by atoms with Gasteiger partial charge in [-0.05, 0) is 24.3 Å². The van der Waals surface area contributed by atoms with Gasteiger partial charge in [-0.2, -0.15) is 13.2 Å². The molecule has 0 saturated carbocycles. The number of hydrogen-bond donors (Lipinski definition) is 1. The van der Waals surface area contributed by atoms with Crippen LogP contribution in [0, 0.1) is 10.1 Å². The third kappa shape index (κ3) is 4.06. The highest BCUT2D eigenvalue weighted by Gasteiger charge is 2.36. The topological polar surface area (TPSA) is 119 Å². The summed E-state index contributed by atoms with van der Waals surface area (Å²) in [4.78, 5) is 46.9. The molecule has 0 radical (unpaired) electrons. The van der Waals surface area contributed by atoms with Gasteiger partial charge in [-0.25, -0.2) is 4.90 Å². The summed E-state index contributed by atoms with van der Waals surface area (Å²) >= 11 is 0. The van der Waals surface area contributed by atoms with Crippen molar-refractivity contribution in [1.82, 2.24) is 4.90 Å². The highest BCUT2D eigenvalue weighted by molar-refractivity contribution is 6.21. The quantitative estimate of drug-likeness (QED) is 0.328. The number of nitro benzene ring substituents is 1. The van der Waals surface area contributed by atoms with E-state index in [-0.39, 0.29) is 16.8 Å². The van der Waals surface area contributed by atoms with Crippen LogP contribution in [0.15, 0.2) is 42.5 Å². The lowest BCUT2D eigenvalue weighted by atomic mass is 10.1. The maximum atomic E-state index is 12.7. The van der Waals surface area contributed by atoms with Gasteiger partial charge in [0.15, 0.2) is 6.73 Å². The van der Waals surface area contributed by atoms with Crippen LogP contribution in [0.2, 0.25) is 0 Å². The summed E-state index contributed by atoms with van der Waals surface area (Å²) in [5, 5.41) is 13.3. The second kappa shape index (κ2) is 7.81. The Morgan fingerprint density at radius 1 is 1.10 bits per heavy atom. The number of imide groups is 1. The molecule has 1 heterocycles. The average molecular weight is 423 g/mol. The van der Waals surface area contributed by atoms with E-state index in [1.807, 2.05) is 0 Å². The number of benzene rings is 2. The molecule has 0 aliphatic carbocycles. The minimum Gasteiger partial charge on any atom is -0.442 e. The standard InChI is InChI=1S/C18H12F3N3O6/c19-18(20,21)10-5-6-13(14(7-10)24(28)29)22-8-15(25)30-9-23-16(26)11-3-1-2-4-12(11)17(23)27/h1-7,22H,8-9H2. The van der Waals surface area contributed by atoms with Gasteiger partial charge in [0.05, 0.1) is 21.6 Å². The number of esters is 1. The van der Waals surface area contributed by atoms with Crippen LogP contribution in [0.1, 0.15) is 26.3 Å². The molecule has 0 spiro atoms. The fourth-order valence-electron chi connectivity index (χ4n) is 2.72. The Labute approximate surface area is 166 Å². The second-order valence-corrected chi connectivity index (χ2v) is 6.07. The lowest BCUT2D eigenvalue weighted by molar-refractivity contribution is -0.384. The fraction of sp³-hybridized carbons (Fsp3) is 0.167. The van der Waals surface area contributed by atoms with Gasteiger partial charge < -0.3 is 10.1 Å². The number of rotatable bonds is 6. The molecular formula is C18H12F3N3O6. The van der Waals surface area contributed by atoms with Crippen molar-refractivity contribution in [3.8, 4) is 0 Å². The minimum absolute atomic E-state index is 0.164. The summed E-state index contributed by atoms with van der Waals surface area (Å²) in [5.74, 6) is -2.27. The van der Waals surface area contributed by atoms with E-state index in [1.165, 1.54) is 12.1 Å². The number of amides is 2. The van der Waals surface area contributed by atoms with Gasteiger partial charge in [-0.1, -0.05) is 12.1 Å². The first-order valence-corrected chi connectivity index (χ1v) is 8.30. The summed E-state index contributed by atoms with van der Waals surface area (Å²) in [6.45, 7) is -1.32. The summed E-state index contributed by atoms with van der Waals surface area (Å²) < 4.78 is 43.0. The molecule has 2 aromatic rings. The number of carbonyl (C=O) groups excluding carboxylic acids is 3. The molecular weight excluding hydrogens is 411 g/mol. The fourth-order valence-corrected chi connectivity index (χ4v) is 2.72. The summed E-state index contributed by atoms with van der Waals surface area (Å²) in [5.41, 5.74) is -2.09. The molecule has 30 heavy (non-hydrogen) atoms. The molecule has 3 rings (SSSR count). The average Bonchev–Trinajstić information content (AvgIpc) is 2.94. The van der Waals surface area contributed by atoms with Crippen LogP contribution in [0.25, 0.3) is 0 Å². The van der Waals surface area contributed by atoms with E-state index in [1.54, 1.807) is 12.1 Å². The molecule has 2 aromatic carbocycles. The van der Waals surface area contributed by atoms with Crippen LogP contribution in [0.5, 0.6) is 0 Å². The third-order valence-electron chi connectivity index (χ3n) is 4.18. The van der Waals surface area contributed by atoms with Crippen LogP contribution < -0.4 is 5.32 Å². The van der Waals surface area contributed by atoms with Crippen molar-refractivity contribution in [2.45, 2.75) is 6.18 Å². The largest absolute Gasteiger partial charge is 0.442 e. The maximum absolute atomic E-state index is 12.7. The molecule has 0 aromatic heterocycles. The zero-order chi connectivity index (χ0) is 22.1. The van der Waals surface area contributed by atoms with E-state index in [4.69, 9.17) is 4.74 Å². The van der Waals surface area contributed by atoms with Gasteiger partial charge in [0.1, 0.15) is 12.2 Å². The number of nitrogens with zero attached hydrogens (tertiary/aromatic N) is 2. The number of anilines is 1. The Kier molecular flexibility index (Phi) is 5.41. The molecule has 2 amide bonds. The number of nitro groups is 1. The van der Waals surface area contributed by atoms with Crippen molar-refractivity contribution in [1.29, 1.82) is 0 Å². The first-order valence-electron chi connectivity index (χ1n) is 8.30. The number of nitrogens with one attached hydrogen (secondary N) is 1. The van der Waals surface area contributed by atoms with Crippen molar-refractivity contribution in [3.63, 3.8) is 0 Å². The summed E-state index contributed by atoms with van der Waals surface area (Å²) in [6, 6.07) is 7.82. The molecule has 0 unspecified atom stereocenters. The first kappa shape index (κ1) is 20.8. The Balaban J connectivity index is 1.61. The van der Waals surface area contributed by atoms with Crippen molar-refractivity contribution in [3.05, 3.63) is 69.3 Å². The predicted octanol–water partition coefficient (Wildman–Crippen LogP) is 2.82. The molecule has 1 aliphatic rings. The van der Waals surface area contributed by atoms with E-state index < -0.39 is 53.4 Å². The van der Waals surface area contributed by atoms with Crippen LogP contribution in [-0.4, -0.2) is 40.9 Å². The lowest BCUT2D eigenvalue weighted by Crippen LogP contribution is -2.34. The first-order chi connectivity index (χ1) is 14.1. The number of alkyl halides is 3. The Morgan fingerprint density at radius 3 is 2.23 bits per heavy atom. The Hall–Kier alpha value is -3.96. The van der Waals surface area contributed by atoms with Crippen molar-refractivity contribution in [2.75, 3.05) is 18.6 Å². The normalized spacial score (nSPS) is 13.2. The Morgan fingerprint density at radius 2 is 1.70 bits per heavy atom. The van der Waals surface area contributed by atoms with Crippen LogP contribution >= 0.6 is 0 Å². The number of hydrogen-bond acceptors (Lipinski definition) is 7. The van der Waals surface area contributed by atoms with E-state index in [0.717, 1.165) is 6.07 Å². The second-order valence-electron chi connectivity index (χ2n) is 6.07. The molecule has 1 N–H and O–H groups in total. The highest BCUT2D eigenvalue weighted by Crippen LogP contribution is 2.34. The SMILES string of the molecule is O=C(CNc1ccc(C(F)(F)F)cc1[N+](=O)[O-])OCN1C(=O)c2ccccc2C1=O. The molecule has 9 nitrogen and oxygen atoms in total. The predicted molar refractivity (Wildman–Crippen MR) is 94.5 cm³/mol. The molecule has 0 bridgehead atoms. The van der Waals surface area contributed by atoms with Gasteiger partial charge in [-0.15, -0.1) is 0 Å². The lowest BCUT2D eigenvalue weighted by Gasteiger charge is -2.14. The monoisotopic (exact) mass is 423 g/mol. The minimum atomic E-state index is -4.77. The molecule has 0 atom stereocenters. The number of carbonyl (C=O) groups is 3. The number of halogens is 3.